The average molecular weight is 374 g/mol. The number of thiocarbonyl (C=S) groups is 1. The number of hydrogen-bond acceptors (Lipinski definition) is 3. The first-order chi connectivity index (χ1) is 12.9. The van der Waals surface area contributed by atoms with Crippen LogP contribution in [0.15, 0.2) is 84.9 Å². The number of carboxylic acid groups (broad SMARTS) is 1. The molecule has 1 unspecified atom stereocenters. The van der Waals surface area contributed by atoms with Gasteiger partial charge in [0, 0.05) is 16.0 Å². The van der Waals surface area contributed by atoms with Crippen molar-refractivity contribution >= 4 is 28.8 Å². The van der Waals surface area contributed by atoms with E-state index < -0.39 is 11.4 Å². The maximum absolute atomic E-state index is 12.6. The summed E-state index contributed by atoms with van der Waals surface area (Å²) in [7, 11) is 0. The van der Waals surface area contributed by atoms with Gasteiger partial charge in [0.1, 0.15) is 5.41 Å². The Morgan fingerprint density at radius 2 is 1.19 bits per heavy atom. The number of hydrogen-bond donors (Lipinski definition) is 1. The molecule has 3 aromatic rings. The van der Waals surface area contributed by atoms with E-state index in [4.69, 9.17) is 12.2 Å². The summed E-state index contributed by atoms with van der Waals surface area (Å²) in [6, 6.07) is 24.7. The van der Waals surface area contributed by atoms with E-state index in [1.165, 1.54) is 0 Å². The summed E-state index contributed by atoms with van der Waals surface area (Å²) in [6.45, 7) is 1.60. The van der Waals surface area contributed by atoms with Crippen LogP contribution in [0, 0.1) is 0 Å². The summed E-state index contributed by atoms with van der Waals surface area (Å²) >= 11 is 5.53. The molecule has 0 heterocycles. The molecule has 0 saturated carbocycles. The van der Waals surface area contributed by atoms with Gasteiger partial charge in [0.25, 0.3) is 0 Å². The molecule has 0 radical (unpaired) electrons. The van der Waals surface area contributed by atoms with Gasteiger partial charge in [0.2, 0.25) is 0 Å². The highest BCUT2D eigenvalue weighted by molar-refractivity contribution is 7.81. The van der Waals surface area contributed by atoms with Gasteiger partial charge in [-0.25, -0.2) is 0 Å². The third kappa shape index (κ3) is 3.57. The van der Waals surface area contributed by atoms with Crippen molar-refractivity contribution in [1.29, 1.82) is 0 Å². The van der Waals surface area contributed by atoms with Gasteiger partial charge in [0.15, 0.2) is 5.78 Å². The summed E-state index contributed by atoms with van der Waals surface area (Å²) in [5.74, 6) is -1.14. The lowest BCUT2D eigenvalue weighted by molar-refractivity contribution is -0.140. The molecule has 27 heavy (non-hydrogen) atoms. The van der Waals surface area contributed by atoms with Crippen LogP contribution >= 0.6 is 12.2 Å². The highest BCUT2D eigenvalue weighted by Crippen LogP contribution is 2.30. The number of carbonyl (C=O) groups excluding carboxylic acids is 1. The Hall–Kier alpha value is -3.11. The van der Waals surface area contributed by atoms with Crippen LogP contribution in [0.3, 0.4) is 0 Å². The second-order valence-corrected chi connectivity index (χ2v) is 6.81. The van der Waals surface area contributed by atoms with Gasteiger partial charge in [-0.15, -0.1) is 0 Å². The summed E-state index contributed by atoms with van der Waals surface area (Å²) in [5.41, 5.74) is 0.954. The Morgan fingerprint density at radius 3 is 1.67 bits per heavy atom. The SMILES string of the molecule is CC(C(=O)O)(C(=S)c1ccccc1)c1ccc(C(=O)c2ccccc2)cc1. The normalized spacial score (nSPS) is 12.8. The van der Waals surface area contributed by atoms with Gasteiger partial charge in [-0.1, -0.05) is 97.1 Å². The van der Waals surface area contributed by atoms with Gasteiger partial charge in [-0.3, -0.25) is 9.59 Å². The molecule has 0 aliphatic rings. The molecule has 0 bridgehead atoms. The van der Waals surface area contributed by atoms with Gasteiger partial charge < -0.3 is 5.11 Å². The average Bonchev–Trinajstić information content (AvgIpc) is 2.73. The second-order valence-electron chi connectivity index (χ2n) is 6.40. The van der Waals surface area contributed by atoms with Crippen molar-refractivity contribution < 1.29 is 14.7 Å². The van der Waals surface area contributed by atoms with Crippen molar-refractivity contribution in [3.63, 3.8) is 0 Å². The van der Waals surface area contributed by atoms with Crippen molar-refractivity contribution in [3.05, 3.63) is 107 Å². The van der Waals surface area contributed by atoms with Crippen molar-refractivity contribution in [1.82, 2.24) is 0 Å². The van der Waals surface area contributed by atoms with Crippen molar-refractivity contribution in [2.24, 2.45) is 0 Å². The van der Waals surface area contributed by atoms with Crippen LogP contribution in [0.25, 0.3) is 0 Å². The summed E-state index contributed by atoms with van der Waals surface area (Å²) in [4.78, 5) is 25.0. The lowest BCUT2D eigenvalue weighted by Gasteiger charge is -2.27. The van der Waals surface area contributed by atoms with Crippen molar-refractivity contribution in [2.45, 2.75) is 12.3 Å². The van der Waals surface area contributed by atoms with Crippen molar-refractivity contribution in [2.75, 3.05) is 0 Å². The molecule has 1 N–H and O–H groups in total. The Labute approximate surface area is 163 Å². The number of benzene rings is 3. The molecule has 0 aliphatic carbocycles. The minimum atomic E-state index is -1.37. The zero-order valence-corrected chi connectivity index (χ0v) is 15.6. The number of ketones is 1. The predicted molar refractivity (Wildman–Crippen MR) is 109 cm³/mol. The third-order valence-electron chi connectivity index (χ3n) is 4.68. The molecule has 0 spiro atoms. The zero-order valence-electron chi connectivity index (χ0n) is 14.8. The first-order valence-corrected chi connectivity index (χ1v) is 8.89. The summed E-state index contributed by atoms with van der Waals surface area (Å²) in [5, 5.41) is 9.92. The third-order valence-corrected chi connectivity index (χ3v) is 5.32. The maximum atomic E-state index is 12.6. The number of carbonyl (C=O) groups is 2. The Bertz CT molecular complexity index is 979. The number of rotatable bonds is 6. The van der Waals surface area contributed by atoms with E-state index in [0.29, 0.717) is 27.1 Å². The minimum absolute atomic E-state index is 0.107. The first-order valence-electron chi connectivity index (χ1n) is 8.48. The molecule has 0 saturated heterocycles. The van der Waals surface area contributed by atoms with Crippen LogP contribution < -0.4 is 0 Å². The molecule has 1 atom stereocenters. The van der Waals surface area contributed by atoms with Crippen LogP contribution in [0.1, 0.15) is 34.0 Å². The topological polar surface area (TPSA) is 54.4 Å². The molecule has 3 aromatic carbocycles. The summed E-state index contributed by atoms with van der Waals surface area (Å²) in [6.07, 6.45) is 0. The zero-order chi connectivity index (χ0) is 19.4. The standard InChI is InChI=1S/C23H18O3S/c1-23(22(25)26,21(27)18-10-6-3-7-11-18)19-14-12-17(13-15-19)20(24)16-8-4-2-5-9-16/h2-15H,1H3,(H,25,26). The molecule has 0 amide bonds. The van der Waals surface area contributed by atoms with E-state index in [1.807, 2.05) is 24.3 Å². The lowest BCUT2D eigenvalue weighted by Crippen LogP contribution is -2.40. The Balaban J connectivity index is 1.97. The predicted octanol–water partition coefficient (Wildman–Crippen LogP) is 4.68. The first kappa shape index (κ1) is 18.7. The fraction of sp³-hybridized carbons (Fsp3) is 0.0870. The largest absolute Gasteiger partial charge is 0.480 e. The van der Waals surface area contributed by atoms with Crippen LogP contribution in [0.2, 0.25) is 0 Å². The smallest absolute Gasteiger partial charge is 0.319 e. The summed E-state index contributed by atoms with van der Waals surface area (Å²) < 4.78 is 0. The van der Waals surface area contributed by atoms with E-state index >= 15 is 0 Å². The number of carboxylic acids is 1. The lowest BCUT2D eigenvalue weighted by atomic mass is 9.76. The molecular weight excluding hydrogens is 356 g/mol. The van der Waals surface area contributed by atoms with Crippen LogP contribution in [-0.2, 0) is 10.2 Å². The molecule has 0 aromatic heterocycles. The molecule has 3 rings (SSSR count). The highest BCUT2D eigenvalue weighted by Gasteiger charge is 2.40. The van der Waals surface area contributed by atoms with E-state index in [1.54, 1.807) is 67.6 Å². The Kier molecular flexibility index (Phi) is 5.28. The quantitative estimate of drug-likeness (QED) is 0.503. The van der Waals surface area contributed by atoms with Crippen molar-refractivity contribution in [3.8, 4) is 0 Å². The number of aliphatic carboxylic acids is 1. The fourth-order valence-corrected chi connectivity index (χ4v) is 3.28. The molecule has 4 heteroatoms. The molecular formula is C23H18O3S. The van der Waals surface area contributed by atoms with Crippen LogP contribution in [0.4, 0.5) is 0 Å². The van der Waals surface area contributed by atoms with Gasteiger partial charge in [0.05, 0.1) is 0 Å². The molecule has 0 aliphatic heterocycles. The van der Waals surface area contributed by atoms with E-state index in [-0.39, 0.29) is 5.78 Å². The molecule has 134 valence electrons. The monoisotopic (exact) mass is 374 g/mol. The van der Waals surface area contributed by atoms with Crippen LogP contribution in [0.5, 0.6) is 0 Å². The van der Waals surface area contributed by atoms with Gasteiger partial charge in [-0.05, 0) is 18.1 Å². The minimum Gasteiger partial charge on any atom is -0.480 e. The van der Waals surface area contributed by atoms with Crippen LogP contribution in [-0.4, -0.2) is 21.7 Å². The Morgan fingerprint density at radius 1 is 0.741 bits per heavy atom. The highest BCUT2D eigenvalue weighted by atomic mass is 32.1. The molecule has 0 fully saturated rings. The molecule has 3 nitrogen and oxygen atoms in total. The van der Waals surface area contributed by atoms with Gasteiger partial charge in [-0.2, -0.15) is 0 Å². The van der Waals surface area contributed by atoms with E-state index in [2.05, 4.69) is 0 Å². The fourth-order valence-electron chi connectivity index (χ4n) is 2.94. The van der Waals surface area contributed by atoms with E-state index in [9.17, 15) is 14.7 Å². The second kappa shape index (κ2) is 7.64. The van der Waals surface area contributed by atoms with Gasteiger partial charge >= 0.3 is 5.97 Å². The maximum Gasteiger partial charge on any atom is 0.319 e. The van der Waals surface area contributed by atoms with E-state index in [0.717, 1.165) is 0 Å².